The van der Waals surface area contributed by atoms with Gasteiger partial charge in [-0.3, -0.25) is 9.78 Å². The summed E-state index contributed by atoms with van der Waals surface area (Å²) in [6.45, 7) is 0.128. The van der Waals surface area contributed by atoms with E-state index < -0.39 is 5.95 Å². The van der Waals surface area contributed by atoms with Crippen molar-refractivity contribution in [2.45, 2.75) is 6.54 Å². The summed E-state index contributed by atoms with van der Waals surface area (Å²) in [7, 11) is 1.50. The molecule has 0 bridgehead atoms. The second kappa shape index (κ2) is 9.55. The molecule has 1 aromatic carbocycles. The zero-order valence-electron chi connectivity index (χ0n) is 18.8. The summed E-state index contributed by atoms with van der Waals surface area (Å²) in [6.07, 6.45) is 4.57. The molecule has 0 aliphatic carbocycles. The highest BCUT2D eigenvalue weighted by atomic mass is 35.5. The number of rotatable bonds is 6. The van der Waals surface area contributed by atoms with Gasteiger partial charge >= 0.3 is 0 Å². The van der Waals surface area contributed by atoms with Gasteiger partial charge in [0.25, 0.3) is 5.56 Å². The minimum Gasteiger partial charge on any atom is -0.495 e. The van der Waals surface area contributed by atoms with Crippen LogP contribution in [0.1, 0.15) is 5.69 Å². The lowest BCUT2D eigenvalue weighted by Gasteiger charge is -2.15. The standard InChI is InChI=1S/C24H18ClFN8O2/c1-36-21-12-33(11-16-8-14(6-7-28-16)17-3-5-22(27)30-24(17)26)23(35)10-19(21)18-9-15(25)2-4-20(18)34-13-29-31-32-34/h2-10,12-13H,11H2,1H3,(H2,27,30). The molecular weight excluding hydrogens is 487 g/mol. The summed E-state index contributed by atoms with van der Waals surface area (Å²) >= 11 is 6.26. The van der Waals surface area contributed by atoms with Crippen LogP contribution in [0.2, 0.25) is 5.02 Å². The fraction of sp³-hybridized carbons (Fsp3) is 0.0833. The number of methoxy groups -OCH3 is 1. The van der Waals surface area contributed by atoms with Crippen LogP contribution in [0, 0.1) is 5.95 Å². The summed E-state index contributed by atoms with van der Waals surface area (Å²) in [5.74, 6) is -0.168. The third-order valence-corrected chi connectivity index (χ3v) is 5.72. The van der Waals surface area contributed by atoms with E-state index in [1.165, 1.54) is 34.8 Å². The number of benzene rings is 1. The van der Waals surface area contributed by atoms with E-state index in [9.17, 15) is 9.18 Å². The molecule has 0 saturated heterocycles. The molecule has 0 fully saturated rings. The number of hydrogen-bond acceptors (Lipinski definition) is 8. The molecule has 10 nitrogen and oxygen atoms in total. The second-order valence-electron chi connectivity index (χ2n) is 7.75. The molecular formula is C24H18ClFN8O2. The fourth-order valence-corrected chi connectivity index (χ4v) is 3.99. The van der Waals surface area contributed by atoms with E-state index in [4.69, 9.17) is 22.1 Å². The Hall–Kier alpha value is -4.64. The van der Waals surface area contributed by atoms with Gasteiger partial charge in [0.2, 0.25) is 5.95 Å². The van der Waals surface area contributed by atoms with Crippen LogP contribution in [0.3, 0.4) is 0 Å². The van der Waals surface area contributed by atoms with Crippen molar-refractivity contribution in [2.24, 2.45) is 0 Å². The Labute approximate surface area is 208 Å². The van der Waals surface area contributed by atoms with Crippen molar-refractivity contribution in [3.8, 4) is 33.7 Å². The van der Waals surface area contributed by atoms with Crippen LogP contribution in [-0.2, 0) is 6.54 Å². The number of nitrogen functional groups attached to an aromatic ring is 1. The first-order valence-electron chi connectivity index (χ1n) is 10.6. The van der Waals surface area contributed by atoms with Crippen LogP contribution >= 0.6 is 11.6 Å². The lowest BCUT2D eigenvalue weighted by atomic mass is 10.0. The molecule has 0 spiro atoms. The minimum atomic E-state index is -0.685. The molecule has 2 N–H and O–H groups in total. The summed E-state index contributed by atoms with van der Waals surface area (Å²) in [5.41, 5.74) is 8.38. The molecule has 4 heterocycles. The van der Waals surface area contributed by atoms with Gasteiger partial charge in [-0.25, -0.2) is 4.98 Å². The third kappa shape index (κ3) is 4.51. The van der Waals surface area contributed by atoms with E-state index in [1.54, 1.807) is 48.8 Å². The SMILES string of the molecule is COc1cn(Cc2cc(-c3ccc(N)nc3F)ccn2)c(=O)cc1-c1cc(Cl)ccc1-n1cnnn1. The van der Waals surface area contributed by atoms with Gasteiger partial charge < -0.3 is 15.0 Å². The van der Waals surface area contributed by atoms with Gasteiger partial charge in [-0.15, -0.1) is 5.10 Å². The summed E-state index contributed by atoms with van der Waals surface area (Å²) in [6, 6.07) is 13.0. The van der Waals surface area contributed by atoms with E-state index in [0.29, 0.717) is 38.8 Å². The first kappa shape index (κ1) is 23.1. The summed E-state index contributed by atoms with van der Waals surface area (Å²) < 4.78 is 22.9. The van der Waals surface area contributed by atoms with E-state index >= 15 is 0 Å². The van der Waals surface area contributed by atoms with E-state index in [1.807, 2.05) is 0 Å². The monoisotopic (exact) mass is 504 g/mol. The third-order valence-electron chi connectivity index (χ3n) is 5.48. The molecule has 36 heavy (non-hydrogen) atoms. The van der Waals surface area contributed by atoms with Gasteiger partial charge in [-0.2, -0.15) is 9.07 Å². The van der Waals surface area contributed by atoms with Crippen molar-refractivity contribution in [1.29, 1.82) is 0 Å². The van der Waals surface area contributed by atoms with Crippen LogP contribution in [0.4, 0.5) is 10.2 Å². The average molecular weight is 505 g/mol. The Morgan fingerprint density at radius 3 is 2.69 bits per heavy atom. The Morgan fingerprint density at radius 2 is 1.94 bits per heavy atom. The van der Waals surface area contributed by atoms with Crippen LogP contribution in [0.25, 0.3) is 27.9 Å². The van der Waals surface area contributed by atoms with Crippen LogP contribution < -0.4 is 16.0 Å². The van der Waals surface area contributed by atoms with Gasteiger partial charge in [-0.1, -0.05) is 11.6 Å². The zero-order valence-corrected chi connectivity index (χ0v) is 19.6. The number of pyridine rings is 3. The maximum atomic E-state index is 14.3. The average Bonchev–Trinajstić information content (AvgIpc) is 3.40. The maximum Gasteiger partial charge on any atom is 0.251 e. The molecule has 0 radical (unpaired) electrons. The molecule has 5 aromatic rings. The topological polar surface area (TPSA) is 127 Å². The Morgan fingerprint density at radius 1 is 1.08 bits per heavy atom. The van der Waals surface area contributed by atoms with Crippen molar-refractivity contribution in [1.82, 2.24) is 34.7 Å². The lowest BCUT2D eigenvalue weighted by molar-refractivity contribution is 0.410. The normalized spacial score (nSPS) is 11.0. The molecule has 12 heteroatoms. The molecule has 0 saturated carbocycles. The van der Waals surface area contributed by atoms with Crippen molar-refractivity contribution in [3.05, 3.63) is 94.3 Å². The Balaban J connectivity index is 1.54. The van der Waals surface area contributed by atoms with E-state index in [2.05, 4.69) is 25.5 Å². The Bertz CT molecular complexity index is 1620. The highest BCUT2D eigenvalue weighted by molar-refractivity contribution is 6.31. The predicted octanol–water partition coefficient (Wildman–Crippen LogP) is 3.38. The molecule has 0 aliphatic rings. The van der Waals surface area contributed by atoms with E-state index in [-0.39, 0.29) is 23.5 Å². The van der Waals surface area contributed by atoms with Gasteiger partial charge in [0, 0.05) is 34.0 Å². The highest BCUT2D eigenvalue weighted by Crippen LogP contribution is 2.34. The van der Waals surface area contributed by atoms with Crippen LogP contribution in [-0.4, -0.2) is 41.9 Å². The molecule has 0 unspecified atom stereocenters. The first-order valence-corrected chi connectivity index (χ1v) is 11.0. The summed E-state index contributed by atoms with van der Waals surface area (Å²) in [5, 5.41) is 11.8. The number of nitrogens with two attached hydrogens (primary N) is 1. The second-order valence-corrected chi connectivity index (χ2v) is 8.18. The number of halogens is 2. The predicted molar refractivity (Wildman–Crippen MR) is 131 cm³/mol. The van der Waals surface area contributed by atoms with Gasteiger partial charge in [0.15, 0.2) is 0 Å². The molecule has 180 valence electrons. The fourth-order valence-electron chi connectivity index (χ4n) is 3.81. The highest BCUT2D eigenvalue weighted by Gasteiger charge is 2.17. The molecule has 0 atom stereocenters. The molecule has 0 amide bonds. The number of aromatic nitrogens is 7. The smallest absolute Gasteiger partial charge is 0.251 e. The zero-order chi connectivity index (χ0) is 25.2. The van der Waals surface area contributed by atoms with Crippen LogP contribution in [0.15, 0.2) is 72.0 Å². The molecule has 4 aromatic heterocycles. The van der Waals surface area contributed by atoms with Gasteiger partial charge in [0.05, 0.1) is 31.2 Å². The number of nitrogens with zero attached hydrogens (tertiary/aromatic N) is 7. The number of hydrogen-bond donors (Lipinski definition) is 1. The number of ether oxygens (including phenoxy) is 1. The van der Waals surface area contributed by atoms with Gasteiger partial charge in [0.1, 0.15) is 17.9 Å². The van der Waals surface area contributed by atoms with Crippen molar-refractivity contribution >= 4 is 17.4 Å². The molecule has 0 aliphatic heterocycles. The first-order chi connectivity index (χ1) is 17.4. The summed E-state index contributed by atoms with van der Waals surface area (Å²) in [4.78, 5) is 21.1. The van der Waals surface area contributed by atoms with Crippen molar-refractivity contribution in [2.75, 3.05) is 12.8 Å². The maximum absolute atomic E-state index is 14.3. The Kier molecular flexibility index (Phi) is 6.13. The quantitative estimate of drug-likeness (QED) is 0.349. The van der Waals surface area contributed by atoms with E-state index in [0.717, 1.165) is 0 Å². The number of anilines is 1. The largest absolute Gasteiger partial charge is 0.495 e. The minimum absolute atomic E-state index is 0.0900. The van der Waals surface area contributed by atoms with Crippen molar-refractivity contribution < 1.29 is 9.13 Å². The van der Waals surface area contributed by atoms with Gasteiger partial charge in [-0.05, 0) is 58.5 Å². The number of tetrazole rings is 1. The van der Waals surface area contributed by atoms with Crippen molar-refractivity contribution in [3.63, 3.8) is 0 Å². The van der Waals surface area contributed by atoms with Crippen LogP contribution in [0.5, 0.6) is 5.75 Å². The lowest BCUT2D eigenvalue weighted by Crippen LogP contribution is -2.20. The molecule has 5 rings (SSSR count).